The number of aryl methyl sites for hydroxylation is 1. The van der Waals surface area contributed by atoms with E-state index in [2.05, 4.69) is 19.1 Å². The minimum absolute atomic E-state index is 0.536. The fourth-order valence-electron chi connectivity index (χ4n) is 3.32. The van der Waals surface area contributed by atoms with Gasteiger partial charge in [-0.2, -0.15) is 0 Å². The van der Waals surface area contributed by atoms with Crippen molar-refractivity contribution in [2.24, 2.45) is 0 Å². The molecule has 1 aromatic carbocycles. The second-order valence-electron chi connectivity index (χ2n) is 7.28. The van der Waals surface area contributed by atoms with E-state index in [-0.39, 0.29) is 0 Å². The average Bonchev–Trinajstić information content (AvgIpc) is 2.67. The van der Waals surface area contributed by atoms with Crippen LogP contribution in [0, 0.1) is 0 Å². The molecule has 1 aliphatic heterocycles. The molecule has 0 atom stereocenters. The molecule has 1 heterocycles. The molecule has 27 heavy (non-hydrogen) atoms. The highest BCUT2D eigenvalue weighted by molar-refractivity contribution is 5.43. The van der Waals surface area contributed by atoms with E-state index in [0.29, 0.717) is 39.6 Å². The zero-order valence-corrected chi connectivity index (χ0v) is 17.2. The molecule has 0 saturated carbocycles. The van der Waals surface area contributed by atoms with E-state index in [9.17, 15) is 0 Å². The molecule has 0 bridgehead atoms. The van der Waals surface area contributed by atoms with Gasteiger partial charge in [-0.25, -0.2) is 0 Å². The summed E-state index contributed by atoms with van der Waals surface area (Å²) in [6.45, 7) is 5.71. The standard InChI is InChI=1S/C23H38O4/c1-2-3-4-5-6-7-8-9-10-11-21-12-13-22-23(20-21)27-19-17-25-15-14-24-16-18-26-22/h12-13,20H,2-11,14-19H2,1H3. The van der Waals surface area contributed by atoms with Gasteiger partial charge in [-0.1, -0.05) is 64.4 Å². The van der Waals surface area contributed by atoms with Gasteiger partial charge in [0.05, 0.1) is 26.4 Å². The quantitative estimate of drug-likeness (QED) is 0.499. The van der Waals surface area contributed by atoms with Crippen LogP contribution in [-0.4, -0.2) is 39.6 Å². The Labute approximate surface area is 165 Å². The van der Waals surface area contributed by atoms with E-state index < -0.39 is 0 Å². The van der Waals surface area contributed by atoms with Crippen molar-refractivity contribution in [3.05, 3.63) is 23.8 Å². The first kappa shape index (κ1) is 22.0. The van der Waals surface area contributed by atoms with Crippen LogP contribution in [0.4, 0.5) is 0 Å². The summed E-state index contributed by atoms with van der Waals surface area (Å²) in [5.74, 6) is 1.63. The van der Waals surface area contributed by atoms with Crippen LogP contribution in [0.25, 0.3) is 0 Å². The SMILES string of the molecule is CCCCCCCCCCCc1ccc2c(c1)OCCOCCOCCO2. The molecule has 4 nitrogen and oxygen atoms in total. The summed E-state index contributed by atoms with van der Waals surface area (Å²) >= 11 is 0. The van der Waals surface area contributed by atoms with E-state index in [4.69, 9.17) is 18.9 Å². The molecule has 0 aliphatic carbocycles. The number of fused-ring (bicyclic) bond motifs is 1. The van der Waals surface area contributed by atoms with Crippen LogP contribution in [0.2, 0.25) is 0 Å². The number of hydrogen-bond donors (Lipinski definition) is 0. The van der Waals surface area contributed by atoms with E-state index >= 15 is 0 Å². The van der Waals surface area contributed by atoms with E-state index in [1.54, 1.807) is 0 Å². The average molecular weight is 379 g/mol. The molecule has 4 heteroatoms. The lowest BCUT2D eigenvalue weighted by atomic mass is 10.0. The summed E-state index contributed by atoms with van der Waals surface area (Å²) in [5, 5.41) is 0. The Balaban J connectivity index is 1.70. The van der Waals surface area contributed by atoms with Crippen molar-refractivity contribution < 1.29 is 18.9 Å². The van der Waals surface area contributed by atoms with E-state index in [1.807, 2.05) is 6.07 Å². The van der Waals surface area contributed by atoms with Crippen molar-refractivity contribution in [1.29, 1.82) is 0 Å². The second kappa shape index (κ2) is 14.8. The van der Waals surface area contributed by atoms with Crippen molar-refractivity contribution in [2.75, 3.05) is 39.6 Å². The van der Waals surface area contributed by atoms with Gasteiger partial charge in [0.1, 0.15) is 13.2 Å². The molecule has 0 aromatic heterocycles. The number of benzene rings is 1. The fourth-order valence-corrected chi connectivity index (χ4v) is 3.32. The predicted octanol–water partition coefficient (Wildman–Crippen LogP) is 5.56. The van der Waals surface area contributed by atoms with Crippen molar-refractivity contribution in [1.82, 2.24) is 0 Å². The third-order valence-corrected chi connectivity index (χ3v) is 4.92. The van der Waals surface area contributed by atoms with Crippen molar-refractivity contribution >= 4 is 0 Å². The lowest BCUT2D eigenvalue weighted by molar-refractivity contribution is 0.0223. The smallest absolute Gasteiger partial charge is 0.161 e. The van der Waals surface area contributed by atoms with Crippen LogP contribution in [0.5, 0.6) is 11.5 Å². The van der Waals surface area contributed by atoms with Crippen molar-refractivity contribution in [3.63, 3.8) is 0 Å². The normalized spacial score (nSPS) is 15.7. The van der Waals surface area contributed by atoms with E-state index in [0.717, 1.165) is 17.9 Å². The first-order valence-corrected chi connectivity index (χ1v) is 10.9. The Bertz CT molecular complexity index is 489. The van der Waals surface area contributed by atoms with Gasteiger partial charge >= 0.3 is 0 Å². The molecular formula is C23H38O4. The van der Waals surface area contributed by atoms with E-state index in [1.165, 1.54) is 63.4 Å². The lowest BCUT2D eigenvalue weighted by Crippen LogP contribution is -2.15. The molecule has 1 aromatic rings. The summed E-state index contributed by atoms with van der Waals surface area (Å²) in [4.78, 5) is 0. The highest BCUT2D eigenvalue weighted by Gasteiger charge is 2.08. The molecule has 154 valence electrons. The summed E-state index contributed by atoms with van der Waals surface area (Å²) < 4.78 is 22.7. The Morgan fingerprint density at radius 1 is 0.630 bits per heavy atom. The zero-order chi connectivity index (χ0) is 19.0. The number of unbranched alkanes of at least 4 members (excludes halogenated alkanes) is 8. The molecule has 0 N–H and O–H groups in total. The predicted molar refractivity (Wildman–Crippen MR) is 110 cm³/mol. The maximum Gasteiger partial charge on any atom is 0.161 e. The van der Waals surface area contributed by atoms with Gasteiger partial charge in [0, 0.05) is 0 Å². The zero-order valence-electron chi connectivity index (χ0n) is 17.2. The molecule has 0 unspecified atom stereocenters. The third-order valence-electron chi connectivity index (χ3n) is 4.92. The van der Waals surface area contributed by atoms with Crippen LogP contribution >= 0.6 is 0 Å². The van der Waals surface area contributed by atoms with Crippen LogP contribution in [-0.2, 0) is 15.9 Å². The molecule has 0 amide bonds. The van der Waals surface area contributed by atoms with Crippen LogP contribution < -0.4 is 9.47 Å². The molecule has 1 aliphatic rings. The van der Waals surface area contributed by atoms with Gasteiger partial charge in [-0.05, 0) is 30.5 Å². The summed E-state index contributed by atoms with van der Waals surface area (Å²) in [7, 11) is 0. The fraction of sp³-hybridized carbons (Fsp3) is 0.739. The van der Waals surface area contributed by atoms with Gasteiger partial charge in [0.25, 0.3) is 0 Å². The van der Waals surface area contributed by atoms with Gasteiger partial charge in [-0.3, -0.25) is 0 Å². The maximum absolute atomic E-state index is 5.90. The van der Waals surface area contributed by atoms with Gasteiger partial charge in [-0.15, -0.1) is 0 Å². The van der Waals surface area contributed by atoms with Gasteiger partial charge < -0.3 is 18.9 Å². The topological polar surface area (TPSA) is 36.9 Å². The minimum Gasteiger partial charge on any atom is -0.487 e. The third kappa shape index (κ3) is 10.0. The lowest BCUT2D eigenvalue weighted by Gasteiger charge is -2.16. The van der Waals surface area contributed by atoms with Gasteiger partial charge in [0.2, 0.25) is 0 Å². The number of rotatable bonds is 10. The highest BCUT2D eigenvalue weighted by Crippen LogP contribution is 2.29. The first-order valence-electron chi connectivity index (χ1n) is 10.9. The minimum atomic E-state index is 0.536. The Hall–Kier alpha value is -1.26. The summed E-state index contributed by atoms with van der Waals surface area (Å²) in [5.41, 5.74) is 1.32. The molecule has 0 saturated heterocycles. The summed E-state index contributed by atoms with van der Waals surface area (Å²) in [6.07, 6.45) is 13.3. The highest BCUT2D eigenvalue weighted by atomic mass is 16.6. The number of hydrogen-bond acceptors (Lipinski definition) is 4. The van der Waals surface area contributed by atoms with Crippen LogP contribution in [0.1, 0.15) is 70.3 Å². The molecule has 0 fully saturated rings. The second-order valence-corrected chi connectivity index (χ2v) is 7.28. The van der Waals surface area contributed by atoms with Crippen molar-refractivity contribution in [2.45, 2.75) is 71.1 Å². The Morgan fingerprint density at radius 3 is 1.85 bits per heavy atom. The van der Waals surface area contributed by atoms with Crippen molar-refractivity contribution in [3.8, 4) is 11.5 Å². The van der Waals surface area contributed by atoms with Crippen LogP contribution in [0.15, 0.2) is 18.2 Å². The summed E-state index contributed by atoms with van der Waals surface area (Å²) in [6, 6.07) is 6.33. The maximum atomic E-state index is 5.90. The molecule has 2 rings (SSSR count). The number of ether oxygens (including phenoxy) is 4. The Kier molecular flexibility index (Phi) is 12.0. The Morgan fingerprint density at radius 2 is 1.19 bits per heavy atom. The molecule has 0 spiro atoms. The largest absolute Gasteiger partial charge is 0.487 e. The van der Waals surface area contributed by atoms with Crippen LogP contribution in [0.3, 0.4) is 0 Å². The van der Waals surface area contributed by atoms with Gasteiger partial charge in [0.15, 0.2) is 11.5 Å². The first-order chi connectivity index (χ1) is 13.4. The monoisotopic (exact) mass is 378 g/mol. The molecular weight excluding hydrogens is 340 g/mol. The molecule has 0 radical (unpaired) electrons.